The van der Waals surface area contributed by atoms with Crippen LogP contribution in [0.25, 0.3) is 0 Å². The SMILES string of the molecule is COc1ccc(N)c(C(=O)N[C@H](C)c2cccc(Cl)c2)c1. The Kier molecular flexibility index (Phi) is 4.70. The van der Waals surface area contributed by atoms with Gasteiger partial charge in [-0.3, -0.25) is 4.79 Å². The van der Waals surface area contributed by atoms with Crippen LogP contribution in [0.3, 0.4) is 0 Å². The number of rotatable bonds is 4. The molecule has 2 aromatic carbocycles. The van der Waals surface area contributed by atoms with Crippen LogP contribution in [0, 0.1) is 0 Å². The third-order valence-electron chi connectivity index (χ3n) is 3.20. The molecule has 110 valence electrons. The van der Waals surface area contributed by atoms with Crippen LogP contribution < -0.4 is 15.8 Å². The van der Waals surface area contributed by atoms with Gasteiger partial charge in [0.15, 0.2) is 0 Å². The zero-order chi connectivity index (χ0) is 15.4. The highest BCUT2D eigenvalue weighted by atomic mass is 35.5. The highest BCUT2D eigenvalue weighted by Crippen LogP contribution is 2.22. The first kappa shape index (κ1) is 15.2. The van der Waals surface area contributed by atoms with Gasteiger partial charge < -0.3 is 15.8 Å². The van der Waals surface area contributed by atoms with Gasteiger partial charge in [0.1, 0.15) is 5.75 Å². The van der Waals surface area contributed by atoms with Crippen molar-refractivity contribution in [2.45, 2.75) is 13.0 Å². The number of carbonyl (C=O) groups is 1. The van der Waals surface area contributed by atoms with E-state index < -0.39 is 0 Å². The molecule has 4 nitrogen and oxygen atoms in total. The Balaban J connectivity index is 2.18. The molecule has 2 aromatic rings. The van der Waals surface area contributed by atoms with E-state index in [-0.39, 0.29) is 11.9 Å². The normalized spacial score (nSPS) is 11.8. The van der Waals surface area contributed by atoms with Gasteiger partial charge in [-0.25, -0.2) is 0 Å². The highest BCUT2D eigenvalue weighted by Gasteiger charge is 2.15. The van der Waals surface area contributed by atoms with E-state index in [1.807, 2.05) is 25.1 Å². The monoisotopic (exact) mass is 304 g/mol. The van der Waals surface area contributed by atoms with Crippen molar-refractivity contribution in [1.82, 2.24) is 5.32 Å². The van der Waals surface area contributed by atoms with Gasteiger partial charge in [0, 0.05) is 10.7 Å². The maximum Gasteiger partial charge on any atom is 0.253 e. The van der Waals surface area contributed by atoms with Gasteiger partial charge in [-0.05, 0) is 42.8 Å². The number of carbonyl (C=O) groups excluding carboxylic acids is 1. The molecule has 0 aliphatic carbocycles. The molecule has 1 atom stereocenters. The zero-order valence-electron chi connectivity index (χ0n) is 11.9. The van der Waals surface area contributed by atoms with E-state index in [2.05, 4.69) is 5.32 Å². The second kappa shape index (κ2) is 6.50. The molecule has 0 aliphatic rings. The Morgan fingerprint density at radius 1 is 1.29 bits per heavy atom. The molecule has 21 heavy (non-hydrogen) atoms. The van der Waals surface area contributed by atoms with E-state index in [1.54, 1.807) is 31.4 Å². The lowest BCUT2D eigenvalue weighted by atomic mass is 10.1. The van der Waals surface area contributed by atoms with E-state index in [0.717, 1.165) is 5.56 Å². The number of nitrogens with two attached hydrogens (primary N) is 1. The van der Waals surface area contributed by atoms with Crippen molar-refractivity contribution in [2.24, 2.45) is 0 Å². The molecule has 0 fully saturated rings. The molecule has 5 heteroatoms. The molecule has 0 spiro atoms. The Labute approximate surface area is 128 Å². The lowest BCUT2D eigenvalue weighted by Crippen LogP contribution is -2.27. The number of halogens is 1. The lowest BCUT2D eigenvalue weighted by molar-refractivity contribution is 0.0940. The molecular weight excluding hydrogens is 288 g/mol. The zero-order valence-corrected chi connectivity index (χ0v) is 12.6. The number of benzene rings is 2. The minimum Gasteiger partial charge on any atom is -0.497 e. The first-order valence-corrected chi connectivity index (χ1v) is 6.89. The number of anilines is 1. The summed E-state index contributed by atoms with van der Waals surface area (Å²) >= 11 is 5.96. The summed E-state index contributed by atoms with van der Waals surface area (Å²) in [6.45, 7) is 1.89. The topological polar surface area (TPSA) is 64.3 Å². The van der Waals surface area contributed by atoms with Crippen molar-refractivity contribution in [3.8, 4) is 5.75 Å². The predicted octanol–water partition coefficient (Wildman–Crippen LogP) is 3.42. The van der Waals surface area contributed by atoms with Crippen molar-refractivity contribution in [2.75, 3.05) is 12.8 Å². The van der Waals surface area contributed by atoms with Crippen LogP contribution in [0.2, 0.25) is 5.02 Å². The summed E-state index contributed by atoms with van der Waals surface area (Å²) in [6.07, 6.45) is 0. The Morgan fingerprint density at radius 2 is 2.05 bits per heavy atom. The number of ether oxygens (including phenoxy) is 1. The summed E-state index contributed by atoms with van der Waals surface area (Å²) in [5.41, 5.74) is 7.57. The predicted molar refractivity (Wildman–Crippen MR) is 84.7 cm³/mol. The van der Waals surface area contributed by atoms with Crippen molar-refractivity contribution in [3.05, 3.63) is 58.6 Å². The molecule has 0 aromatic heterocycles. The van der Waals surface area contributed by atoms with Crippen LogP contribution in [0.4, 0.5) is 5.69 Å². The summed E-state index contributed by atoms with van der Waals surface area (Å²) in [5, 5.41) is 3.53. The van der Waals surface area contributed by atoms with E-state index in [4.69, 9.17) is 22.1 Å². The van der Waals surface area contributed by atoms with Crippen molar-refractivity contribution < 1.29 is 9.53 Å². The average Bonchev–Trinajstić information content (AvgIpc) is 2.47. The first-order chi connectivity index (χ1) is 10.0. The molecular formula is C16H17ClN2O2. The van der Waals surface area contributed by atoms with Crippen LogP contribution in [0.5, 0.6) is 5.75 Å². The summed E-state index contributed by atoms with van der Waals surface area (Å²) in [7, 11) is 1.54. The first-order valence-electron chi connectivity index (χ1n) is 6.51. The summed E-state index contributed by atoms with van der Waals surface area (Å²) in [4.78, 5) is 12.3. The molecule has 1 amide bonds. The Bertz CT molecular complexity index is 658. The fourth-order valence-electron chi connectivity index (χ4n) is 1.99. The van der Waals surface area contributed by atoms with Crippen molar-refractivity contribution >= 4 is 23.2 Å². The number of amides is 1. The Morgan fingerprint density at radius 3 is 2.71 bits per heavy atom. The number of methoxy groups -OCH3 is 1. The van der Waals surface area contributed by atoms with E-state index in [1.165, 1.54) is 0 Å². The summed E-state index contributed by atoms with van der Waals surface area (Å²) in [5.74, 6) is 0.337. The number of nitrogen functional groups attached to an aromatic ring is 1. The largest absolute Gasteiger partial charge is 0.497 e. The third kappa shape index (κ3) is 3.67. The second-order valence-corrected chi connectivity index (χ2v) is 5.14. The fraction of sp³-hybridized carbons (Fsp3) is 0.188. The molecule has 2 rings (SSSR count). The van der Waals surface area contributed by atoms with Crippen LogP contribution >= 0.6 is 11.6 Å². The molecule has 0 saturated carbocycles. The maximum atomic E-state index is 12.3. The van der Waals surface area contributed by atoms with Gasteiger partial charge >= 0.3 is 0 Å². The average molecular weight is 305 g/mol. The highest BCUT2D eigenvalue weighted by molar-refractivity contribution is 6.30. The smallest absolute Gasteiger partial charge is 0.253 e. The second-order valence-electron chi connectivity index (χ2n) is 4.70. The molecule has 0 heterocycles. The number of hydrogen-bond donors (Lipinski definition) is 2. The van der Waals surface area contributed by atoms with Crippen molar-refractivity contribution in [3.63, 3.8) is 0 Å². The van der Waals surface area contributed by atoms with Crippen LogP contribution in [-0.4, -0.2) is 13.0 Å². The lowest BCUT2D eigenvalue weighted by Gasteiger charge is -2.16. The standard InChI is InChI=1S/C16H17ClN2O2/c1-10(11-4-3-5-12(17)8-11)19-16(20)14-9-13(21-2)6-7-15(14)18/h3-10H,18H2,1-2H3,(H,19,20)/t10-/m1/s1. The van der Waals surface area contributed by atoms with E-state index in [0.29, 0.717) is 22.0 Å². The van der Waals surface area contributed by atoms with Crippen LogP contribution in [0.15, 0.2) is 42.5 Å². The van der Waals surface area contributed by atoms with Crippen molar-refractivity contribution in [1.29, 1.82) is 0 Å². The molecule has 0 bridgehead atoms. The van der Waals surface area contributed by atoms with Gasteiger partial charge in [-0.15, -0.1) is 0 Å². The summed E-state index contributed by atoms with van der Waals surface area (Å²) in [6, 6.07) is 12.2. The Hall–Kier alpha value is -2.20. The van der Waals surface area contributed by atoms with Crippen LogP contribution in [0.1, 0.15) is 28.9 Å². The number of hydrogen-bond acceptors (Lipinski definition) is 3. The molecule has 0 saturated heterocycles. The molecule has 0 unspecified atom stereocenters. The van der Waals surface area contributed by atoms with E-state index >= 15 is 0 Å². The van der Waals surface area contributed by atoms with E-state index in [9.17, 15) is 4.79 Å². The molecule has 0 radical (unpaired) electrons. The van der Waals surface area contributed by atoms with Gasteiger partial charge in [0.2, 0.25) is 0 Å². The minimum absolute atomic E-state index is 0.179. The van der Waals surface area contributed by atoms with Gasteiger partial charge in [0.25, 0.3) is 5.91 Å². The quantitative estimate of drug-likeness (QED) is 0.851. The van der Waals surface area contributed by atoms with Crippen LogP contribution in [-0.2, 0) is 0 Å². The number of nitrogens with one attached hydrogen (secondary N) is 1. The van der Waals surface area contributed by atoms with Gasteiger partial charge in [-0.1, -0.05) is 23.7 Å². The summed E-state index contributed by atoms with van der Waals surface area (Å²) < 4.78 is 5.11. The van der Waals surface area contributed by atoms with Gasteiger partial charge in [0.05, 0.1) is 18.7 Å². The maximum absolute atomic E-state index is 12.3. The minimum atomic E-state index is -0.251. The molecule has 3 N–H and O–H groups in total. The van der Waals surface area contributed by atoms with Gasteiger partial charge in [-0.2, -0.15) is 0 Å². The fourth-order valence-corrected chi connectivity index (χ4v) is 2.19. The third-order valence-corrected chi connectivity index (χ3v) is 3.44. The molecule has 0 aliphatic heterocycles.